The summed E-state index contributed by atoms with van der Waals surface area (Å²) in [7, 11) is 0. The zero-order valence-electron chi connectivity index (χ0n) is 18.2. The van der Waals surface area contributed by atoms with E-state index in [1.54, 1.807) is 6.07 Å². The van der Waals surface area contributed by atoms with E-state index in [1.807, 2.05) is 86.6 Å². The van der Waals surface area contributed by atoms with E-state index in [0.29, 0.717) is 11.5 Å². The van der Waals surface area contributed by atoms with Gasteiger partial charge >= 0.3 is 0 Å². The van der Waals surface area contributed by atoms with Crippen molar-refractivity contribution in [2.24, 2.45) is 0 Å². The van der Waals surface area contributed by atoms with Gasteiger partial charge < -0.3 is 9.73 Å². The molecule has 1 heterocycles. The average Bonchev–Trinajstić information content (AvgIpc) is 3.23. The molecular weight excluding hydrogens is 430 g/mol. The van der Waals surface area contributed by atoms with Crippen LogP contribution in [0.4, 0.5) is 5.69 Å². The summed E-state index contributed by atoms with van der Waals surface area (Å²) in [5.41, 5.74) is 5.82. The average molecular weight is 452 g/mol. The first-order valence-corrected chi connectivity index (χ1v) is 11.0. The highest BCUT2D eigenvalue weighted by molar-refractivity contribution is 7.80. The number of nitrogens with zero attached hydrogens (tertiary/aromatic N) is 1. The lowest BCUT2D eigenvalue weighted by atomic mass is 10.0. The van der Waals surface area contributed by atoms with Gasteiger partial charge in [0.25, 0.3) is 5.91 Å². The van der Waals surface area contributed by atoms with Gasteiger partial charge in [-0.05, 0) is 78.3 Å². The Morgan fingerprint density at radius 3 is 2.64 bits per heavy atom. The number of carbonyl (C=O) groups is 1. The van der Waals surface area contributed by atoms with Crippen molar-refractivity contribution in [1.29, 1.82) is 0 Å². The highest BCUT2D eigenvalue weighted by atomic mass is 32.1. The van der Waals surface area contributed by atoms with Gasteiger partial charge in [-0.3, -0.25) is 10.1 Å². The Kier molecular flexibility index (Phi) is 5.36. The van der Waals surface area contributed by atoms with Crippen LogP contribution in [0.3, 0.4) is 0 Å². The number of aromatic nitrogens is 1. The number of oxazole rings is 1. The minimum Gasteiger partial charge on any atom is -0.436 e. The third-order valence-electron chi connectivity index (χ3n) is 5.54. The highest BCUT2D eigenvalue weighted by Gasteiger charge is 2.14. The molecule has 5 nitrogen and oxygen atoms in total. The molecule has 5 aromatic rings. The van der Waals surface area contributed by atoms with E-state index in [0.717, 1.165) is 44.2 Å². The summed E-state index contributed by atoms with van der Waals surface area (Å²) in [6.07, 6.45) is 0. The van der Waals surface area contributed by atoms with Crippen LogP contribution >= 0.6 is 12.2 Å². The van der Waals surface area contributed by atoms with Crippen molar-refractivity contribution in [3.05, 3.63) is 95.6 Å². The van der Waals surface area contributed by atoms with E-state index in [4.69, 9.17) is 16.6 Å². The Balaban J connectivity index is 1.37. The van der Waals surface area contributed by atoms with Gasteiger partial charge in [-0.15, -0.1) is 0 Å². The van der Waals surface area contributed by atoms with Gasteiger partial charge in [-0.1, -0.05) is 48.5 Å². The van der Waals surface area contributed by atoms with E-state index in [1.165, 1.54) is 0 Å². The van der Waals surface area contributed by atoms with Gasteiger partial charge in [0.05, 0.1) is 0 Å². The summed E-state index contributed by atoms with van der Waals surface area (Å²) in [5.74, 6) is 0.275. The third kappa shape index (κ3) is 4.21. The monoisotopic (exact) mass is 451 g/mol. The van der Waals surface area contributed by atoms with Crippen molar-refractivity contribution < 1.29 is 9.21 Å². The number of aryl methyl sites for hydroxylation is 2. The Morgan fingerprint density at radius 1 is 0.939 bits per heavy atom. The topological polar surface area (TPSA) is 67.2 Å². The van der Waals surface area contributed by atoms with Crippen molar-refractivity contribution >= 4 is 50.8 Å². The Bertz CT molecular complexity index is 1530. The molecule has 5 rings (SSSR count). The number of rotatable bonds is 3. The van der Waals surface area contributed by atoms with Crippen LogP contribution in [-0.4, -0.2) is 16.0 Å². The van der Waals surface area contributed by atoms with Crippen LogP contribution in [-0.2, 0) is 0 Å². The molecule has 0 aliphatic heterocycles. The van der Waals surface area contributed by atoms with Gasteiger partial charge in [0, 0.05) is 16.8 Å². The van der Waals surface area contributed by atoms with Crippen LogP contribution in [0.2, 0.25) is 0 Å². The van der Waals surface area contributed by atoms with Gasteiger partial charge in [-0.25, -0.2) is 4.98 Å². The number of nitrogens with one attached hydrogen (secondary N) is 2. The molecule has 0 spiro atoms. The Morgan fingerprint density at radius 2 is 1.76 bits per heavy atom. The van der Waals surface area contributed by atoms with Crippen LogP contribution in [0, 0.1) is 13.8 Å². The fourth-order valence-electron chi connectivity index (χ4n) is 3.79. The molecule has 2 N–H and O–H groups in total. The molecule has 0 aliphatic rings. The molecule has 0 bridgehead atoms. The van der Waals surface area contributed by atoms with E-state index in [2.05, 4.69) is 15.6 Å². The summed E-state index contributed by atoms with van der Waals surface area (Å²) >= 11 is 5.44. The first-order valence-electron chi connectivity index (χ1n) is 10.6. The quantitative estimate of drug-likeness (QED) is 0.311. The molecule has 4 aromatic carbocycles. The van der Waals surface area contributed by atoms with Gasteiger partial charge in [-0.2, -0.15) is 0 Å². The first-order chi connectivity index (χ1) is 16.0. The van der Waals surface area contributed by atoms with Crippen molar-refractivity contribution in [3.63, 3.8) is 0 Å². The molecule has 1 amide bonds. The lowest BCUT2D eigenvalue weighted by Gasteiger charge is -2.13. The zero-order valence-corrected chi connectivity index (χ0v) is 19.0. The Hall–Kier alpha value is -4.03. The smallest absolute Gasteiger partial charge is 0.258 e. The number of carbonyl (C=O) groups excluding carboxylic acids is 1. The SMILES string of the molecule is Cc1ccc2nc(-c3ccc(C)c(NC(=S)NC(=O)c4cccc5ccccc45)c3)oc2c1. The highest BCUT2D eigenvalue weighted by Crippen LogP contribution is 2.28. The maximum atomic E-state index is 12.9. The van der Waals surface area contributed by atoms with Gasteiger partial charge in [0.1, 0.15) is 5.52 Å². The molecule has 0 fully saturated rings. The molecule has 162 valence electrons. The summed E-state index contributed by atoms with van der Waals surface area (Å²) in [6, 6.07) is 25.2. The largest absolute Gasteiger partial charge is 0.436 e. The lowest BCUT2D eigenvalue weighted by molar-refractivity contribution is 0.0979. The van der Waals surface area contributed by atoms with Gasteiger partial charge in [0.15, 0.2) is 10.7 Å². The van der Waals surface area contributed by atoms with E-state index in [-0.39, 0.29) is 11.0 Å². The molecule has 33 heavy (non-hydrogen) atoms. The maximum Gasteiger partial charge on any atom is 0.258 e. The number of thiocarbonyl (C=S) groups is 1. The first kappa shape index (κ1) is 20.8. The maximum absolute atomic E-state index is 12.9. The molecule has 0 unspecified atom stereocenters. The predicted octanol–water partition coefficient (Wildman–Crippen LogP) is 6.39. The summed E-state index contributed by atoms with van der Waals surface area (Å²) in [5, 5.41) is 8.04. The van der Waals surface area contributed by atoms with Crippen molar-refractivity contribution in [1.82, 2.24) is 10.3 Å². The van der Waals surface area contributed by atoms with Crippen LogP contribution in [0.25, 0.3) is 33.3 Å². The van der Waals surface area contributed by atoms with E-state index < -0.39 is 0 Å². The third-order valence-corrected chi connectivity index (χ3v) is 5.74. The fourth-order valence-corrected chi connectivity index (χ4v) is 4.00. The number of hydrogen-bond donors (Lipinski definition) is 2. The van der Waals surface area contributed by atoms with Crippen LogP contribution < -0.4 is 10.6 Å². The zero-order chi connectivity index (χ0) is 22.9. The molecule has 0 saturated heterocycles. The van der Waals surface area contributed by atoms with Crippen LogP contribution in [0.5, 0.6) is 0 Å². The summed E-state index contributed by atoms with van der Waals surface area (Å²) < 4.78 is 5.96. The minimum atomic E-state index is -0.257. The standard InChI is InChI=1S/C27H21N3O2S/c1-16-10-13-22-24(14-16)32-26(28-22)19-12-11-17(2)23(15-19)29-27(33)30-25(31)21-9-5-7-18-6-3-4-8-20(18)21/h3-15H,1-2H3,(H2,29,30,31,33). The second-order valence-corrected chi connectivity index (χ2v) is 8.36. The fraction of sp³-hybridized carbons (Fsp3) is 0.0741. The van der Waals surface area contributed by atoms with Gasteiger partial charge in [0.2, 0.25) is 5.89 Å². The summed E-state index contributed by atoms with van der Waals surface area (Å²) in [6.45, 7) is 3.99. The van der Waals surface area contributed by atoms with Crippen LogP contribution in [0.1, 0.15) is 21.5 Å². The van der Waals surface area contributed by atoms with Crippen molar-refractivity contribution in [2.45, 2.75) is 13.8 Å². The molecule has 0 radical (unpaired) electrons. The molecule has 1 aromatic heterocycles. The van der Waals surface area contributed by atoms with Crippen molar-refractivity contribution in [3.8, 4) is 11.5 Å². The normalized spacial score (nSPS) is 11.0. The minimum absolute atomic E-state index is 0.223. The van der Waals surface area contributed by atoms with Crippen LogP contribution in [0.15, 0.2) is 83.3 Å². The molecule has 0 saturated carbocycles. The number of fused-ring (bicyclic) bond motifs is 2. The van der Waals surface area contributed by atoms with E-state index in [9.17, 15) is 4.79 Å². The van der Waals surface area contributed by atoms with Crippen molar-refractivity contribution in [2.75, 3.05) is 5.32 Å². The summed E-state index contributed by atoms with van der Waals surface area (Å²) in [4.78, 5) is 17.5. The number of hydrogen-bond acceptors (Lipinski definition) is 4. The molecule has 0 aliphatic carbocycles. The van der Waals surface area contributed by atoms with E-state index >= 15 is 0 Å². The number of amides is 1. The second-order valence-electron chi connectivity index (χ2n) is 7.95. The Labute approximate surface area is 196 Å². The molecule has 0 atom stereocenters. The predicted molar refractivity (Wildman–Crippen MR) is 137 cm³/mol. The number of anilines is 1. The second kappa shape index (κ2) is 8.48. The lowest BCUT2D eigenvalue weighted by Crippen LogP contribution is -2.34. The number of benzene rings is 4. The molecular formula is C27H21N3O2S. The molecule has 6 heteroatoms.